The van der Waals surface area contributed by atoms with Crippen molar-refractivity contribution in [3.63, 3.8) is 0 Å². The van der Waals surface area contributed by atoms with E-state index in [4.69, 9.17) is 19.4 Å². The molecule has 0 saturated carbocycles. The number of carbonyl (C=O) groups is 4. The number of nitrogens with one attached hydrogen (secondary N) is 4. The maximum Gasteiger partial charge on any atom is 0.408 e. The number of hydrogen-bond acceptors (Lipinski definition) is 8. The van der Waals surface area contributed by atoms with Crippen LogP contribution in [0.3, 0.4) is 0 Å². The molecule has 4 aliphatic carbocycles. The highest BCUT2D eigenvalue weighted by atomic mass is 16.6. The quantitative estimate of drug-likeness (QED) is 0.0692. The zero-order valence-corrected chi connectivity index (χ0v) is 44.6. The number of hydrogen-bond donors (Lipinski definition) is 4. The minimum absolute atomic E-state index is 0.0389. The summed E-state index contributed by atoms with van der Waals surface area (Å²) in [5.74, 6) is 0.988. The molecule has 14 heteroatoms. The zero-order chi connectivity index (χ0) is 55.0. The number of aryl methyl sites for hydroxylation is 4. The van der Waals surface area contributed by atoms with Gasteiger partial charge in [0, 0.05) is 36.6 Å². The van der Waals surface area contributed by atoms with Crippen LogP contribution in [0.15, 0.2) is 183 Å². The number of benzene rings is 6. The standard InChI is InChI=1S/C66H64N8O6/c1-3-37-79-65(77)71-59(51-13-7-5-8-14-51)63(75)73-35-11-17-57(73)61-67-41-55(69-61)49-31-27-47(28-32-49)53-39-43-19-23-45(53)25-21-44-20-24-46(26-22-43)54(40-44)48-29-33-50(34-30-48)56-42-68-62(70-56)58-18-12-36-74(58)64(76)60(52-15-9-6-10-16-52)72-66(78)80-38-4-2/h3-10,13-16,19-20,23-24,27-34,39-42,57-60H,1-2,11-12,17-18,21-22,25-26,35-38H2,(H,67,69)(H,68,70)(H,71,77)(H,72,78)/t57-,58-,59-,60-/m0/s1. The lowest BCUT2D eigenvalue weighted by Crippen LogP contribution is -2.43. The maximum atomic E-state index is 14.2. The smallest absolute Gasteiger partial charge is 0.408 e. The fourth-order valence-corrected chi connectivity index (χ4v) is 11.5. The number of imidazole rings is 2. The molecule has 14 rings (SSSR count). The van der Waals surface area contributed by atoms with E-state index in [-0.39, 0.29) is 37.1 Å². The Bertz CT molecular complexity index is 3290. The van der Waals surface area contributed by atoms with Crippen LogP contribution in [0.5, 0.6) is 0 Å². The van der Waals surface area contributed by atoms with Gasteiger partial charge in [-0.2, -0.15) is 0 Å². The molecule has 4 atom stereocenters. The van der Waals surface area contributed by atoms with Crippen LogP contribution in [0.4, 0.5) is 9.59 Å². The van der Waals surface area contributed by atoms with E-state index in [9.17, 15) is 19.2 Å². The van der Waals surface area contributed by atoms with Crippen molar-refractivity contribution >= 4 is 24.0 Å². The predicted molar refractivity (Wildman–Crippen MR) is 309 cm³/mol. The Morgan fingerprint density at radius 1 is 0.537 bits per heavy atom. The Morgan fingerprint density at radius 2 is 0.938 bits per heavy atom. The molecular weight excluding hydrogens is 1000 g/mol. The molecule has 4 amide bonds. The fourth-order valence-electron chi connectivity index (χ4n) is 11.5. The van der Waals surface area contributed by atoms with Gasteiger partial charge in [-0.05, 0) is 107 Å². The van der Waals surface area contributed by atoms with E-state index < -0.39 is 24.3 Å². The van der Waals surface area contributed by atoms with E-state index in [0.29, 0.717) is 35.9 Å². The Kier molecular flexibility index (Phi) is 15.9. The molecule has 404 valence electrons. The summed E-state index contributed by atoms with van der Waals surface area (Å²) >= 11 is 0. The molecule has 8 aromatic rings. The van der Waals surface area contributed by atoms with Crippen LogP contribution in [0.2, 0.25) is 0 Å². The number of alkyl carbamates (subject to hydrolysis) is 2. The summed E-state index contributed by atoms with van der Waals surface area (Å²) < 4.78 is 10.4. The van der Waals surface area contributed by atoms with Crippen LogP contribution >= 0.6 is 0 Å². The molecule has 4 N–H and O–H groups in total. The summed E-state index contributed by atoms with van der Waals surface area (Å²) in [6.45, 7) is 8.40. The Morgan fingerprint density at radius 3 is 1.34 bits per heavy atom. The lowest BCUT2D eigenvalue weighted by molar-refractivity contribution is -0.135. The van der Waals surface area contributed by atoms with Crippen LogP contribution < -0.4 is 10.6 Å². The second-order valence-corrected chi connectivity index (χ2v) is 20.6. The first-order valence-electron chi connectivity index (χ1n) is 27.6. The third-order valence-corrected chi connectivity index (χ3v) is 15.5. The lowest BCUT2D eigenvalue weighted by atomic mass is 9.87. The minimum atomic E-state index is -0.915. The normalized spacial score (nSPS) is 16.5. The van der Waals surface area contributed by atoms with Gasteiger partial charge in [-0.25, -0.2) is 19.6 Å². The van der Waals surface area contributed by atoms with Crippen LogP contribution in [-0.2, 0) is 44.7 Å². The number of aromatic amines is 2. The van der Waals surface area contributed by atoms with Gasteiger partial charge < -0.3 is 39.9 Å². The maximum absolute atomic E-state index is 14.2. The van der Waals surface area contributed by atoms with Crippen LogP contribution in [0.25, 0.3) is 44.8 Å². The van der Waals surface area contributed by atoms with Gasteiger partial charge in [0.2, 0.25) is 0 Å². The first kappa shape index (κ1) is 52.7. The number of amides is 4. The summed E-state index contributed by atoms with van der Waals surface area (Å²) in [7, 11) is 0. The molecule has 4 heterocycles. The minimum Gasteiger partial charge on any atom is -0.445 e. The van der Waals surface area contributed by atoms with Crippen molar-refractivity contribution in [3.8, 4) is 44.8 Å². The van der Waals surface area contributed by atoms with E-state index in [1.165, 1.54) is 45.5 Å². The third-order valence-electron chi connectivity index (χ3n) is 15.5. The van der Waals surface area contributed by atoms with Gasteiger partial charge in [0.25, 0.3) is 11.8 Å². The molecule has 6 aromatic carbocycles. The molecule has 4 bridgehead atoms. The molecular formula is C66H64N8O6. The van der Waals surface area contributed by atoms with Crippen LogP contribution in [0, 0.1) is 0 Å². The average molecular weight is 1070 g/mol. The predicted octanol–water partition coefficient (Wildman–Crippen LogP) is 12.3. The molecule has 6 aliphatic rings. The van der Waals surface area contributed by atoms with Gasteiger partial charge in [0.15, 0.2) is 0 Å². The van der Waals surface area contributed by atoms with Crippen molar-refractivity contribution in [1.29, 1.82) is 0 Å². The van der Waals surface area contributed by atoms with E-state index in [1.54, 1.807) is 0 Å². The first-order chi connectivity index (χ1) is 39.2. The topological polar surface area (TPSA) is 175 Å². The summed E-state index contributed by atoms with van der Waals surface area (Å²) in [6, 6.07) is 47.2. The number of aromatic nitrogens is 4. The van der Waals surface area contributed by atoms with Crippen molar-refractivity contribution < 1.29 is 28.7 Å². The van der Waals surface area contributed by atoms with Gasteiger partial charge >= 0.3 is 12.2 Å². The van der Waals surface area contributed by atoms with E-state index in [1.807, 2.05) is 82.9 Å². The van der Waals surface area contributed by atoms with E-state index in [0.717, 1.165) is 85.0 Å². The second kappa shape index (κ2) is 24.2. The molecule has 2 saturated heterocycles. The average Bonchev–Trinajstić information content (AvgIpc) is 4.38. The second-order valence-electron chi connectivity index (χ2n) is 20.6. The SMILES string of the molecule is C=CCOC(=O)N[C@H](C(=O)N1CCC[C@H]1c1nc(-c2ccc(-c3cc4ccc3CCc3ccc(c(-c5ccc(-c6c[nH]c([C@@H]7CCCN7C(=O)[C@@H](NC(=O)OCC=C)c7ccccc7)n6)cc5)c3)CC4)cc2)c[nH]1)c1ccccc1. The van der Waals surface area contributed by atoms with Crippen molar-refractivity contribution in [2.45, 2.75) is 75.5 Å². The van der Waals surface area contributed by atoms with Gasteiger partial charge in [0.05, 0.1) is 23.5 Å². The van der Waals surface area contributed by atoms with Gasteiger partial charge in [-0.15, -0.1) is 0 Å². The van der Waals surface area contributed by atoms with E-state index in [2.05, 4.69) is 119 Å². The van der Waals surface area contributed by atoms with E-state index >= 15 is 0 Å². The Labute approximate surface area is 466 Å². The molecule has 14 nitrogen and oxygen atoms in total. The Hall–Kier alpha value is -9.30. The first-order valence-corrected chi connectivity index (χ1v) is 27.6. The highest BCUT2D eigenvalue weighted by Crippen LogP contribution is 2.38. The summed E-state index contributed by atoms with van der Waals surface area (Å²) in [5.41, 5.74) is 14.8. The summed E-state index contributed by atoms with van der Waals surface area (Å²) in [6.07, 6.45) is 12.1. The molecule has 0 spiro atoms. The highest BCUT2D eigenvalue weighted by molar-refractivity contribution is 5.88. The molecule has 0 unspecified atom stereocenters. The van der Waals surface area contributed by atoms with Crippen LogP contribution in [0.1, 0.15) is 94.9 Å². The number of ether oxygens (including phenoxy) is 2. The van der Waals surface area contributed by atoms with Crippen molar-refractivity contribution in [2.24, 2.45) is 0 Å². The van der Waals surface area contributed by atoms with Crippen LogP contribution in [-0.4, -0.2) is 80.0 Å². The molecule has 80 heavy (non-hydrogen) atoms. The summed E-state index contributed by atoms with van der Waals surface area (Å²) in [4.78, 5) is 74.3. The third kappa shape index (κ3) is 11.6. The number of likely N-dealkylation sites (tertiary alicyclic amines) is 2. The Balaban J connectivity index is 0.754. The molecule has 2 fully saturated rings. The number of rotatable bonds is 16. The van der Waals surface area contributed by atoms with Crippen molar-refractivity contribution in [1.82, 2.24) is 40.4 Å². The number of H-pyrrole nitrogens is 2. The van der Waals surface area contributed by atoms with Gasteiger partial charge in [-0.1, -0.05) is 171 Å². The molecule has 2 aromatic heterocycles. The molecule has 2 aliphatic heterocycles. The number of nitrogens with zero attached hydrogens (tertiary/aromatic N) is 4. The lowest BCUT2D eigenvalue weighted by Gasteiger charge is -2.28. The van der Waals surface area contributed by atoms with Crippen molar-refractivity contribution in [3.05, 3.63) is 228 Å². The van der Waals surface area contributed by atoms with Gasteiger partial charge in [-0.3, -0.25) is 9.59 Å². The fraction of sp³-hybridized carbons (Fsp3) is 0.242. The largest absolute Gasteiger partial charge is 0.445 e. The zero-order valence-electron chi connectivity index (χ0n) is 44.6. The summed E-state index contributed by atoms with van der Waals surface area (Å²) in [5, 5.41) is 5.56. The molecule has 0 radical (unpaired) electrons. The monoisotopic (exact) mass is 1060 g/mol. The number of carbonyl (C=O) groups excluding carboxylic acids is 4. The highest BCUT2D eigenvalue weighted by Gasteiger charge is 2.39. The van der Waals surface area contributed by atoms with Gasteiger partial charge in [0.1, 0.15) is 36.9 Å². The van der Waals surface area contributed by atoms with Crippen molar-refractivity contribution in [2.75, 3.05) is 26.3 Å².